The third-order valence-corrected chi connectivity index (χ3v) is 2.27. The second-order valence-corrected chi connectivity index (χ2v) is 3.54. The van der Waals surface area contributed by atoms with Gasteiger partial charge in [0.25, 0.3) is 0 Å². The number of nitrogens with one attached hydrogen (secondary N) is 1. The Balaban J connectivity index is 2.06. The van der Waals surface area contributed by atoms with Crippen LogP contribution in [0.3, 0.4) is 0 Å². The van der Waals surface area contributed by atoms with Crippen LogP contribution in [0.2, 0.25) is 0 Å². The first-order chi connectivity index (χ1) is 8.70. The number of halogens is 2. The SMILES string of the molecule is NNc1ccc(COc2c(F)cccc2F)cn1. The topological polar surface area (TPSA) is 60.2 Å². The summed E-state index contributed by atoms with van der Waals surface area (Å²) in [6.07, 6.45) is 1.51. The fourth-order valence-electron chi connectivity index (χ4n) is 1.37. The zero-order valence-corrected chi connectivity index (χ0v) is 9.36. The van der Waals surface area contributed by atoms with Gasteiger partial charge in [-0.3, -0.25) is 0 Å². The van der Waals surface area contributed by atoms with Crippen LogP contribution in [0.4, 0.5) is 14.6 Å². The van der Waals surface area contributed by atoms with Crippen LogP contribution in [-0.2, 0) is 6.61 Å². The summed E-state index contributed by atoms with van der Waals surface area (Å²) in [7, 11) is 0. The molecular weight excluding hydrogens is 240 g/mol. The second-order valence-electron chi connectivity index (χ2n) is 3.54. The summed E-state index contributed by atoms with van der Waals surface area (Å²) >= 11 is 0. The van der Waals surface area contributed by atoms with Gasteiger partial charge in [0, 0.05) is 11.8 Å². The molecular formula is C12H11F2N3O. The van der Waals surface area contributed by atoms with Crippen molar-refractivity contribution in [3.8, 4) is 5.75 Å². The number of nitrogens with zero attached hydrogens (tertiary/aromatic N) is 1. The molecule has 1 aromatic heterocycles. The quantitative estimate of drug-likeness (QED) is 0.646. The largest absolute Gasteiger partial charge is 0.483 e. The smallest absolute Gasteiger partial charge is 0.191 e. The molecule has 3 N–H and O–H groups in total. The third-order valence-electron chi connectivity index (χ3n) is 2.27. The van der Waals surface area contributed by atoms with E-state index in [0.29, 0.717) is 11.4 Å². The number of pyridine rings is 1. The molecule has 1 aromatic carbocycles. The lowest BCUT2D eigenvalue weighted by atomic mass is 10.3. The number of para-hydroxylation sites is 1. The highest BCUT2D eigenvalue weighted by molar-refractivity contribution is 5.34. The van der Waals surface area contributed by atoms with Gasteiger partial charge in [0.05, 0.1) is 0 Å². The number of hydrazine groups is 1. The van der Waals surface area contributed by atoms with Crippen LogP contribution in [0.1, 0.15) is 5.56 Å². The standard InChI is InChI=1S/C12H11F2N3O/c13-9-2-1-3-10(14)12(9)18-7-8-4-5-11(17-15)16-6-8/h1-6H,7,15H2,(H,16,17). The van der Waals surface area contributed by atoms with Crippen molar-refractivity contribution in [2.24, 2.45) is 5.84 Å². The minimum absolute atomic E-state index is 0.0235. The average molecular weight is 251 g/mol. The molecule has 2 aromatic rings. The molecule has 0 amide bonds. The first-order valence-corrected chi connectivity index (χ1v) is 5.19. The van der Waals surface area contributed by atoms with Crippen LogP contribution in [0.5, 0.6) is 5.75 Å². The Kier molecular flexibility index (Phi) is 3.69. The summed E-state index contributed by atoms with van der Waals surface area (Å²) in [5.41, 5.74) is 3.05. The van der Waals surface area contributed by atoms with E-state index in [-0.39, 0.29) is 6.61 Å². The van der Waals surface area contributed by atoms with E-state index >= 15 is 0 Å². The first-order valence-electron chi connectivity index (χ1n) is 5.19. The third kappa shape index (κ3) is 2.72. The van der Waals surface area contributed by atoms with Crippen molar-refractivity contribution in [3.63, 3.8) is 0 Å². The number of hydrogen-bond donors (Lipinski definition) is 2. The Morgan fingerprint density at radius 3 is 2.44 bits per heavy atom. The molecule has 18 heavy (non-hydrogen) atoms. The molecule has 2 rings (SSSR count). The summed E-state index contributed by atoms with van der Waals surface area (Å²) in [5, 5.41) is 0. The number of benzene rings is 1. The van der Waals surface area contributed by atoms with E-state index in [0.717, 1.165) is 12.1 Å². The van der Waals surface area contributed by atoms with Crippen molar-refractivity contribution < 1.29 is 13.5 Å². The Labute approximate surface area is 102 Å². The number of anilines is 1. The fourth-order valence-corrected chi connectivity index (χ4v) is 1.37. The van der Waals surface area contributed by atoms with E-state index in [1.165, 1.54) is 12.3 Å². The van der Waals surface area contributed by atoms with Crippen LogP contribution in [0, 0.1) is 11.6 Å². The molecule has 6 heteroatoms. The lowest BCUT2D eigenvalue weighted by molar-refractivity contribution is 0.274. The minimum atomic E-state index is -0.733. The molecule has 0 saturated heterocycles. The van der Waals surface area contributed by atoms with Crippen LogP contribution in [0.15, 0.2) is 36.5 Å². The van der Waals surface area contributed by atoms with Crippen molar-refractivity contribution >= 4 is 5.82 Å². The van der Waals surface area contributed by atoms with E-state index < -0.39 is 17.4 Å². The highest BCUT2D eigenvalue weighted by atomic mass is 19.1. The molecule has 0 fully saturated rings. The molecule has 4 nitrogen and oxygen atoms in total. The molecule has 0 spiro atoms. The number of aromatic nitrogens is 1. The highest BCUT2D eigenvalue weighted by Crippen LogP contribution is 2.21. The van der Waals surface area contributed by atoms with Crippen LogP contribution in [0.25, 0.3) is 0 Å². The molecule has 0 unspecified atom stereocenters. The molecule has 0 bridgehead atoms. The number of hydrogen-bond acceptors (Lipinski definition) is 4. The maximum atomic E-state index is 13.3. The van der Waals surface area contributed by atoms with Gasteiger partial charge < -0.3 is 10.2 Å². The van der Waals surface area contributed by atoms with E-state index in [4.69, 9.17) is 10.6 Å². The van der Waals surface area contributed by atoms with Crippen LogP contribution >= 0.6 is 0 Å². The normalized spacial score (nSPS) is 10.2. The molecule has 0 aliphatic heterocycles. The molecule has 0 saturated carbocycles. The van der Waals surface area contributed by atoms with Gasteiger partial charge in [-0.1, -0.05) is 12.1 Å². The lowest BCUT2D eigenvalue weighted by Crippen LogP contribution is -2.08. The second kappa shape index (κ2) is 5.42. The maximum Gasteiger partial charge on any atom is 0.191 e. The number of ether oxygens (including phenoxy) is 1. The summed E-state index contributed by atoms with van der Waals surface area (Å²) in [4.78, 5) is 3.95. The summed E-state index contributed by atoms with van der Waals surface area (Å²) in [6, 6.07) is 6.88. The average Bonchev–Trinajstić information content (AvgIpc) is 2.39. The van der Waals surface area contributed by atoms with Gasteiger partial charge in [-0.05, 0) is 18.2 Å². The van der Waals surface area contributed by atoms with Gasteiger partial charge in [0.15, 0.2) is 17.4 Å². The van der Waals surface area contributed by atoms with E-state index in [1.807, 2.05) is 0 Å². The first kappa shape index (κ1) is 12.3. The van der Waals surface area contributed by atoms with Gasteiger partial charge in [0.1, 0.15) is 12.4 Å². The van der Waals surface area contributed by atoms with Gasteiger partial charge in [-0.2, -0.15) is 0 Å². The number of nitrogen functional groups attached to an aromatic ring is 1. The fraction of sp³-hybridized carbons (Fsp3) is 0.0833. The molecule has 0 aliphatic carbocycles. The Bertz CT molecular complexity index is 511. The molecule has 0 atom stereocenters. The van der Waals surface area contributed by atoms with Gasteiger partial charge >= 0.3 is 0 Å². The Morgan fingerprint density at radius 1 is 1.17 bits per heavy atom. The predicted octanol–water partition coefficient (Wildman–Crippen LogP) is 2.22. The van der Waals surface area contributed by atoms with Crippen molar-refractivity contribution in [1.29, 1.82) is 0 Å². The van der Waals surface area contributed by atoms with Crippen molar-refractivity contribution in [2.75, 3.05) is 5.43 Å². The summed E-state index contributed by atoms with van der Waals surface area (Å²) < 4.78 is 31.6. The van der Waals surface area contributed by atoms with Crippen LogP contribution < -0.4 is 16.0 Å². The molecule has 1 heterocycles. The summed E-state index contributed by atoms with van der Waals surface area (Å²) in [6.45, 7) is 0.0235. The van der Waals surface area contributed by atoms with E-state index in [2.05, 4.69) is 10.4 Å². The van der Waals surface area contributed by atoms with Gasteiger partial charge in [-0.15, -0.1) is 0 Å². The zero-order chi connectivity index (χ0) is 13.0. The molecule has 94 valence electrons. The van der Waals surface area contributed by atoms with Crippen LogP contribution in [-0.4, -0.2) is 4.98 Å². The molecule has 0 radical (unpaired) electrons. The van der Waals surface area contributed by atoms with E-state index in [1.54, 1.807) is 12.1 Å². The van der Waals surface area contributed by atoms with Gasteiger partial charge in [-0.25, -0.2) is 19.6 Å². The Morgan fingerprint density at radius 2 is 1.89 bits per heavy atom. The summed E-state index contributed by atoms with van der Waals surface area (Å²) in [5.74, 6) is 3.80. The number of nitrogens with two attached hydrogens (primary N) is 1. The van der Waals surface area contributed by atoms with Crippen molar-refractivity contribution in [2.45, 2.75) is 6.61 Å². The Hall–Kier alpha value is -2.21. The van der Waals surface area contributed by atoms with Gasteiger partial charge in [0.2, 0.25) is 0 Å². The monoisotopic (exact) mass is 251 g/mol. The lowest BCUT2D eigenvalue weighted by Gasteiger charge is -2.08. The predicted molar refractivity (Wildman–Crippen MR) is 62.7 cm³/mol. The zero-order valence-electron chi connectivity index (χ0n) is 9.36. The number of rotatable bonds is 4. The van der Waals surface area contributed by atoms with Crippen molar-refractivity contribution in [1.82, 2.24) is 4.98 Å². The maximum absolute atomic E-state index is 13.3. The van der Waals surface area contributed by atoms with E-state index in [9.17, 15) is 8.78 Å². The molecule has 0 aliphatic rings. The van der Waals surface area contributed by atoms with Crippen molar-refractivity contribution in [3.05, 3.63) is 53.7 Å². The minimum Gasteiger partial charge on any atom is -0.483 e. The highest BCUT2D eigenvalue weighted by Gasteiger charge is 2.09.